The van der Waals surface area contributed by atoms with Crippen LogP contribution in [0.15, 0.2) is 29.3 Å². The Morgan fingerprint density at radius 3 is 2.77 bits per heavy atom. The molecule has 0 bridgehead atoms. The van der Waals surface area contributed by atoms with Crippen molar-refractivity contribution in [2.75, 3.05) is 10.6 Å². The fourth-order valence-corrected chi connectivity index (χ4v) is 4.50. The zero-order chi connectivity index (χ0) is 21.5. The fourth-order valence-electron chi connectivity index (χ4n) is 3.55. The van der Waals surface area contributed by atoms with Gasteiger partial charge in [-0.3, -0.25) is 14.9 Å². The predicted molar refractivity (Wildman–Crippen MR) is 119 cm³/mol. The molecule has 31 heavy (non-hydrogen) atoms. The van der Waals surface area contributed by atoms with Gasteiger partial charge >= 0.3 is 0 Å². The summed E-state index contributed by atoms with van der Waals surface area (Å²) in [6.07, 6.45) is 5.58. The van der Waals surface area contributed by atoms with E-state index in [2.05, 4.69) is 46.3 Å². The molecular formula is C21H23N7O2S. The molecule has 1 saturated heterocycles. The minimum atomic E-state index is -0.370. The Labute approximate surface area is 183 Å². The lowest BCUT2D eigenvalue weighted by Crippen LogP contribution is -2.19. The number of anilines is 2. The van der Waals surface area contributed by atoms with Crippen molar-refractivity contribution in [3.63, 3.8) is 0 Å². The number of rotatable bonds is 7. The quantitative estimate of drug-likeness (QED) is 0.385. The van der Waals surface area contributed by atoms with E-state index < -0.39 is 0 Å². The molecule has 3 aromatic heterocycles. The number of amides is 2. The maximum atomic E-state index is 12.0. The molecule has 9 nitrogen and oxygen atoms in total. The maximum absolute atomic E-state index is 12.0. The third-order valence-corrected chi connectivity index (χ3v) is 6.29. The smallest absolute Gasteiger partial charge is 0.254 e. The number of carbonyl (C=O) groups is 2. The van der Waals surface area contributed by atoms with Crippen molar-refractivity contribution in [1.29, 1.82) is 0 Å². The zero-order valence-corrected chi connectivity index (χ0v) is 18.1. The van der Waals surface area contributed by atoms with Gasteiger partial charge in [0.1, 0.15) is 0 Å². The second kappa shape index (κ2) is 7.77. The van der Waals surface area contributed by atoms with Gasteiger partial charge in [0, 0.05) is 22.1 Å². The highest BCUT2D eigenvalue weighted by atomic mass is 32.1. The van der Waals surface area contributed by atoms with Gasteiger partial charge in [-0.05, 0) is 36.3 Å². The Morgan fingerprint density at radius 1 is 1.29 bits per heavy atom. The first-order valence-electron chi connectivity index (χ1n) is 10.3. The van der Waals surface area contributed by atoms with E-state index in [0.29, 0.717) is 40.6 Å². The molecule has 1 aliphatic carbocycles. The summed E-state index contributed by atoms with van der Waals surface area (Å²) in [6, 6.07) is 4.60. The number of hydrogen-bond acceptors (Lipinski definition) is 8. The van der Waals surface area contributed by atoms with Crippen LogP contribution in [-0.2, 0) is 9.59 Å². The first-order chi connectivity index (χ1) is 15.0. The normalized spacial score (nSPS) is 18.7. The summed E-state index contributed by atoms with van der Waals surface area (Å²) in [5.41, 5.74) is 1.65. The summed E-state index contributed by atoms with van der Waals surface area (Å²) in [6.45, 7) is 4.31. The second-order valence-electron chi connectivity index (χ2n) is 8.23. The van der Waals surface area contributed by atoms with Crippen molar-refractivity contribution in [3.8, 4) is 0 Å². The van der Waals surface area contributed by atoms with Crippen LogP contribution in [0.5, 0.6) is 0 Å². The number of thiophene rings is 1. The molecule has 0 radical (unpaired) electrons. The fraction of sp³-hybridized carbons (Fsp3) is 0.381. The van der Waals surface area contributed by atoms with Gasteiger partial charge in [-0.2, -0.15) is 19.6 Å². The Balaban J connectivity index is 1.56. The maximum Gasteiger partial charge on any atom is 0.254 e. The van der Waals surface area contributed by atoms with Gasteiger partial charge in [0.2, 0.25) is 17.8 Å². The molecule has 1 saturated carbocycles. The molecule has 1 unspecified atom stereocenters. The van der Waals surface area contributed by atoms with E-state index in [4.69, 9.17) is 9.97 Å². The van der Waals surface area contributed by atoms with Crippen LogP contribution in [0, 0.1) is 5.92 Å². The summed E-state index contributed by atoms with van der Waals surface area (Å²) < 4.78 is 1.65. The van der Waals surface area contributed by atoms with E-state index in [9.17, 15) is 9.59 Å². The van der Waals surface area contributed by atoms with Crippen LogP contribution < -0.4 is 16.0 Å². The molecule has 5 rings (SSSR count). The van der Waals surface area contributed by atoms with Gasteiger partial charge in [0.05, 0.1) is 18.7 Å². The highest BCUT2D eigenvalue weighted by Crippen LogP contribution is 2.31. The van der Waals surface area contributed by atoms with Crippen LogP contribution >= 0.6 is 11.3 Å². The van der Waals surface area contributed by atoms with E-state index in [-0.39, 0.29) is 24.3 Å². The van der Waals surface area contributed by atoms with E-state index in [1.807, 2.05) is 6.07 Å². The third kappa shape index (κ3) is 4.02. The summed E-state index contributed by atoms with van der Waals surface area (Å²) in [5.74, 6) is 0.773. The molecule has 1 atom stereocenters. The lowest BCUT2D eigenvalue weighted by atomic mass is 10.0. The molecule has 10 heteroatoms. The number of aromatic nitrogens is 4. The highest BCUT2D eigenvalue weighted by Gasteiger charge is 2.27. The zero-order valence-electron chi connectivity index (χ0n) is 17.3. The Morgan fingerprint density at radius 2 is 2.13 bits per heavy atom. The second-order valence-corrected chi connectivity index (χ2v) is 9.21. The lowest BCUT2D eigenvalue weighted by Gasteiger charge is -2.21. The predicted octanol–water partition coefficient (Wildman–Crippen LogP) is 3.00. The van der Waals surface area contributed by atoms with Crippen molar-refractivity contribution in [1.82, 2.24) is 24.9 Å². The first kappa shape index (κ1) is 19.7. The van der Waals surface area contributed by atoms with Crippen LogP contribution in [0.25, 0.3) is 11.7 Å². The Kier molecular flexibility index (Phi) is 4.93. The molecule has 3 N–H and O–H groups in total. The van der Waals surface area contributed by atoms with E-state index in [1.54, 1.807) is 28.1 Å². The van der Waals surface area contributed by atoms with Crippen molar-refractivity contribution < 1.29 is 9.59 Å². The molecule has 2 fully saturated rings. The third-order valence-electron chi connectivity index (χ3n) is 5.33. The molecule has 0 spiro atoms. The van der Waals surface area contributed by atoms with Gasteiger partial charge < -0.3 is 10.6 Å². The standard InChI is InChI=1S/C21H23N7O2S/c1-11(2)17(15-4-3-7-31-15)25-20-26-18-13(8-12-9-16(29)24-19(12)30)10-22-28(18)21(27-20)23-14-5-6-14/h3-4,7-8,10-11,14,17H,5-6,9H2,1-2H3,(H,24,29,30)(H2,23,25,26,27)/b12-8+. The van der Waals surface area contributed by atoms with Gasteiger partial charge in [-0.1, -0.05) is 19.9 Å². The summed E-state index contributed by atoms with van der Waals surface area (Å²) in [4.78, 5) is 34.2. The molecule has 0 aromatic carbocycles. The van der Waals surface area contributed by atoms with Crippen LogP contribution in [0.4, 0.5) is 11.9 Å². The molecular weight excluding hydrogens is 414 g/mol. The molecule has 4 heterocycles. The number of nitrogens with zero attached hydrogens (tertiary/aromatic N) is 4. The van der Waals surface area contributed by atoms with Crippen LogP contribution in [0.1, 0.15) is 49.6 Å². The van der Waals surface area contributed by atoms with E-state index in [1.165, 1.54) is 4.88 Å². The van der Waals surface area contributed by atoms with E-state index in [0.717, 1.165) is 12.8 Å². The largest absolute Gasteiger partial charge is 0.351 e. The van der Waals surface area contributed by atoms with Gasteiger partial charge in [0.25, 0.3) is 5.91 Å². The Bertz CT molecular complexity index is 1180. The van der Waals surface area contributed by atoms with Gasteiger partial charge in [-0.25, -0.2) is 0 Å². The minimum Gasteiger partial charge on any atom is -0.351 e. The number of nitrogens with one attached hydrogen (secondary N) is 3. The molecule has 2 amide bonds. The average molecular weight is 438 g/mol. The van der Waals surface area contributed by atoms with Crippen LogP contribution in [0.3, 0.4) is 0 Å². The van der Waals surface area contributed by atoms with Crippen molar-refractivity contribution >= 4 is 46.8 Å². The number of imide groups is 1. The number of hydrogen-bond donors (Lipinski definition) is 3. The van der Waals surface area contributed by atoms with Gasteiger partial charge in [-0.15, -0.1) is 11.3 Å². The van der Waals surface area contributed by atoms with Crippen molar-refractivity contribution in [3.05, 3.63) is 39.7 Å². The molecule has 3 aromatic rings. The molecule has 2 aliphatic rings. The first-order valence-corrected chi connectivity index (χ1v) is 11.2. The molecule has 160 valence electrons. The number of fused-ring (bicyclic) bond motifs is 1. The highest BCUT2D eigenvalue weighted by molar-refractivity contribution is 7.10. The summed E-state index contributed by atoms with van der Waals surface area (Å²) >= 11 is 1.70. The topological polar surface area (TPSA) is 113 Å². The van der Waals surface area contributed by atoms with Crippen molar-refractivity contribution in [2.24, 2.45) is 5.92 Å². The van der Waals surface area contributed by atoms with Gasteiger partial charge in [0.15, 0.2) is 5.65 Å². The van der Waals surface area contributed by atoms with Crippen molar-refractivity contribution in [2.45, 2.75) is 45.2 Å². The molecule has 1 aliphatic heterocycles. The summed E-state index contributed by atoms with van der Waals surface area (Å²) in [7, 11) is 0. The lowest BCUT2D eigenvalue weighted by molar-refractivity contribution is -0.124. The van der Waals surface area contributed by atoms with E-state index >= 15 is 0 Å². The summed E-state index contributed by atoms with van der Waals surface area (Å²) in [5, 5.41) is 15.7. The Hall–Kier alpha value is -3.27. The van der Waals surface area contributed by atoms with Crippen LogP contribution in [-0.4, -0.2) is 37.4 Å². The van der Waals surface area contributed by atoms with Crippen LogP contribution in [0.2, 0.25) is 0 Å². The average Bonchev–Trinajstić information content (AvgIpc) is 3.10. The monoisotopic (exact) mass is 437 g/mol. The SMILES string of the molecule is CC(C)C(Nc1nc(NC2CC2)n2ncc(/C=C3\CC(=O)NC3=O)c2n1)c1cccs1. The minimum absolute atomic E-state index is 0.0628. The number of carbonyl (C=O) groups excluding carboxylic acids is 2.